The highest BCUT2D eigenvalue weighted by molar-refractivity contribution is 5.96. The molecule has 7 nitrogen and oxygen atoms in total. The molecule has 1 aromatic carbocycles. The Morgan fingerprint density at radius 2 is 1.91 bits per heavy atom. The molecule has 7 heteroatoms. The predicted octanol–water partition coefficient (Wildman–Crippen LogP) is 5.05. The fraction of sp³-hybridized carbons (Fsp3) is 0.370. The Morgan fingerprint density at radius 1 is 1.18 bits per heavy atom. The molecule has 0 saturated heterocycles. The van der Waals surface area contributed by atoms with E-state index in [1.807, 2.05) is 61.2 Å². The number of carbonyl (C=O) groups excluding carboxylic acids is 1. The highest BCUT2D eigenvalue weighted by atomic mass is 16.4. The van der Waals surface area contributed by atoms with E-state index in [-0.39, 0.29) is 23.8 Å². The average Bonchev–Trinajstić information content (AvgIpc) is 3.27. The van der Waals surface area contributed by atoms with Crippen LogP contribution in [0.3, 0.4) is 0 Å². The van der Waals surface area contributed by atoms with E-state index in [2.05, 4.69) is 11.9 Å². The third-order valence-corrected chi connectivity index (χ3v) is 6.87. The zero-order chi connectivity index (χ0) is 24.2. The molecule has 0 spiro atoms. The van der Waals surface area contributed by atoms with Crippen LogP contribution in [-0.4, -0.2) is 28.0 Å². The van der Waals surface area contributed by atoms with Crippen molar-refractivity contribution in [2.75, 3.05) is 4.90 Å². The van der Waals surface area contributed by atoms with Gasteiger partial charge >= 0.3 is 5.97 Å². The molecule has 2 N–H and O–H groups in total. The summed E-state index contributed by atoms with van der Waals surface area (Å²) in [5, 5.41) is 13.4. The number of nitrogens with zero attached hydrogens (tertiary/aromatic N) is 2. The van der Waals surface area contributed by atoms with Gasteiger partial charge in [0.2, 0.25) is 0 Å². The van der Waals surface area contributed by atoms with Gasteiger partial charge in [-0.2, -0.15) is 0 Å². The lowest BCUT2D eigenvalue weighted by molar-refractivity contribution is -0.143. The minimum absolute atomic E-state index is 0.0786. The molecule has 4 rings (SSSR count). The molecule has 34 heavy (non-hydrogen) atoms. The maximum atomic E-state index is 13.2. The summed E-state index contributed by atoms with van der Waals surface area (Å²) in [7, 11) is 0. The summed E-state index contributed by atoms with van der Waals surface area (Å²) in [5.74, 6) is -0.317. The monoisotopic (exact) mass is 461 g/mol. The van der Waals surface area contributed by atoms with Crippen LogP contribution >= 0.6 is 0 Å². The molecule has 1 saturated carbocycles. The number of hydrogen-bond donors (Lipinski definition) is 2. The van der Waals surface area contributed by atoms with Gasteiger partial charge in [0, 0.05) is 17.5 Å². The van der Waals surface area contributed by atoms with Crippen LogP contribution in [-0.2, 0) is 16.1 Å². The largest absolute Gasteiger partial charge is 0.481 e. The summed E-state index contributed by atoms with van der Waals surface area (Å²) in [5.41, 5.74) is 2.79. The molecule has 3 aromatic rings. The van der Waals surface area contributed by atoms with Crippen LogP contribution in [0.25, 0.3) is 10.9 Å². The second kappa shape index (κ2) is 10.1. The molecule has 0 bridgehead atoms. The maximum Gasteiger partial charge on any atom is 0.306 e. The molecule has 1 aliphatic rings. The lowest BCUT2D eigenvalue weighted by Crippen LogP contribution is -2.43. The number of rotatable bonds is 8. The van der Waals surface area contributed by atoms with E-state index in [9.17, 15) is 14.7 Å². The van der Waals surface area contributed by atoms with Crippen molar-refractivity contribution in [1.82, 2.24) is 10.3 Å². The highest BCUT2D eigenvalue weighted by Gasteiger charge is 2.30. The first kappa shape index (κ1) is 23.5. The van der Waals surface area contributed by atoms with Crippen molar-refractivity contribution in [2.24, 2.45) is 11.8 Å². The number of pyridine rings is 1. The van der Waals surface area contributed by atoms with Crippen LogP contribution in [0.5, 0.6) is 0 Å². The van der Waals surface area contributed by atoms with Gasteiger partial charge in [0.15, 0.2) is 0 Å². The number of amides is 1. The Kier molecular flexibility index (Phi) is 7.01. The van der Waals surface area contributed by atoms with Crippen LogP contribution in [0.2, 0.25) is 0 Å². The molecule has 1 aliphatic carbocycles. The topological polar surface area (TPSA) is 95.7 Å². The van der Waals surface area contributed by atoms with E-state index in [0.29, 0.717) is 30.8 Å². The summed E-state index contributed by atoms with van der Waals surface area (Å²) in [4.78, 5) is 31.0. The number of para-hydroxylation sites is 1. The third kappa shape index (κ3) is 5.14. The van der Waals surface area contributed by atoms with Crippen LogP contribution in [0.1, 0.15) is 44.1 Å². The third-order valence-electron chi connectivity index (χ3n) is 6.87. The smallest absolute Gasteiger partial charge is 0.306 e. The van der Waals surface area contributed by atoms with Gasteiger partial charge in [0.25, 0.3) is 5.91 Å². The number of aromatic nitrogens is 1. The van der Waals surface area contributed by atoms with Gasteiger partial charge < -0.3 is 19.7 Å². The van der Waals surface area contributed by atoms with Crippen molar-refractivity contribution < 1.29 is 19.1 Å². The van der Waals surface area contributed by atoms with Crippen LogP contribution in [0, 0.1) is 18.8 Å². The zero-order valence-corrected chi connectivity index (χ0v) is 19.7. The van der Waals surface area contributed by atoms with Gasteiger partial charge in [-0.25, -0.2) is 0 Å². The number of carbonyl (C=O) groups is 2. The predicted molar refractivity (Wildman–Crippen MR) is 131 cm³/mol. The first-order chi connectivity index (χ1) is 16.3. The van der Waals surface area contributed by atoms with Gasteiger partial charge in [0.1, 0.15) is 11.5 Å². The Bertz CT molecular complexity index is 1190. The number of furan rings is 1. The number of carboxylic acid groups (broad SMARTS) is 1. The van der Waals surface area contributed by atoms with Gasteiger partial charge in [-0.3, -0.25) is 14.6 Å². The number of benzene rings is 1. The fourth-order valence-corrected chi connectivity index (χ4v) is 4.74. The number of nitrogens with one attached hydrogen (secondary N) is 1. The number of hydrogen-bond acceptors (Lipinski definition) is 5. The molecule has 1 atom stereocenters. The van der Waals surface area contributed by atoms with Crippen molar-refractivity contribution in [3.63, 3.8) is 0 Å². The van der Waals surface area contributed by atoms with E-state index in [1.165, 1.54) is 0 Å². The van der Waals surface area contributed by atoms with Crippen LogP contribution < -0.4 is 10.2 Å². The summed E-state index contributed by atoms with van der Waals surface area (Å²) < 4.78 is 5.51. The Morgan fingerprint density at radius 3 is 2.59 bits per heavy atom. The van der Waals surface area contributed by atoms with E-state index < -0.39 is 5.97 Å². The van der Waals surface area contributed by atoms with Crippen molar-refractivity contribution in [2.45, 2.75) is 52.1 Å². The average molecular weight is 462 g/mol. The molecular formula is C27H31N3O4. The van der Waals surface area contributed by atoms with Crippen molar-refractivity contribution in [3.8, 4) is 0 Å². The van der Waals surface area contributed by atoms with Crippen molar-refractivity contribution >= 4 is 28.5 Å². The SMILES string of the molecule is C=C(C(=O)NC(C)C1CCC(C(=O)O)CC1)N(Cc1ccc2ccccc2n1)c1ccoc1C. The summed E-state index contributed by atoms with van der Waals surface area (Å²) in [6.45, 7) is 8.31. The number of anilines is 1. The molecule has 1 amide bonds. The van der Waals surface area contributed by atoms with Gasteiger partial charge in [-0.1, -0.05) is 30.8 Å². The molecular weight excluding hydrogens is 430 g/mol. The van der Waals surface area contributed by atoms with Crippen molar-refractivity contribution in [1.29, 1.82) is 0 Å². The minimum Gasteiger partial charge on any atom is -0.481 e. The number of aryl methyl sites for hydroxylation is 1. The summed E-state index contributed by atoms with van der Waals surface area (Å²) in [6.07, 6.45) is 4.47. The van der Waals surface area contributed by atoms with E-state index >= 15 is 0 Å². The number of fused-ring (bicyclic) bond motifs is 1. The standard InChI is InChI=1S/C27H31N3O4/c1-17(20-8-10-22(11-9-20)27(32)33)28-26(31)18(2)30(25-14-15-34-19(25)3)16-23-13-12-21-6-4-5-7-24(21)29-23/h4-7,12-15,17,20,22H,2,8-11,16H2,1,3H3,(H,28,31)(H,32,33). The minimum atomic E-state index is -0.725. The van der Waals surface area contributed by atoms with Crippen molar-refractivity contribution in [3.05, 3.63) is 72.5 Å². The van der Waals surface area contributed by atoms with Crippen LogP contribution in [0.4, 0.5) is 5.69 Å². The first-order valence-electron chi connectivity index (χ1n) is 11.7. The Labute approximate surface area is 199 Å². The fourth-order valence-electron chi connectivity index (χ4n) is 4.74. The molecule has 178 valence electrons. The maximum absolute atomic E-state index is 13.2. The Hall–Kier alpha value is -3.61. The first-order valence-corrected chi connectivity index (χ1v) is 11.7. The Balaban J connectivity index is 1.48. The summed E-state index contributed by atoms with van der Waals surface area (Å²) >= 11 is 0. The van der Waals surface area contributed by atoms with Gasteiger partial charge in [0.05, 0.1) is 35.6 Å². The van der Waals surface area contributed by atoms with E-state index in [1.54, 1.807) is 6.26 Å². The number of carboxylic acids is 1. The van der Waals surface area contributed by atoms with E-state index in [0.717, 1.165) is 35.1 Å². The molecule has 1 fully saturated rings. The van der Waals surface area contributed by atoms with Gasteiger partial charge in [-0.15, -0.1) is 0 Å². The van der Waals surface area contributed by atoms with Crippen LogP contribution in [0.15, 0.2) is 65.4 Å². The molecule has 1 unspecified atom stereocenters. The second-order valence-electron chi connectivity index (χ2n) is 9.10. The summed E-state index contributed by atoms with van der Waals surface area (Å²) in [6, 6.07) is 13.6. The van der Waals surface area contributed by atoms with E-state index in [4.69, 9.17) is 9.40 Å². The zero-order valence-electron chi connectivity index (χ0n) is 19.7. The number of aliphatic carboxylic acids is 1. The lowest BCUT2D eigenvalue weighted by atomic mass is 9.79. The van der Waals surface area contributed by atoms with Gasteiger partial charge in [-0.05, 0) is 57.6 Å². The quantitative estimate of drug-likeness (QED) is 0.456. The normalized spacial score (nSPS) is 18.9. The molecule has 0 radical (unpaired) electrons. The molecule has 2 aromatic heterocycles. The molecule has 2 heterocycles. The lowest BCUT2D eigenvalue weighted by Gasteiger charge is -2.32. The highest BCUT2D eigenvalue weighted by Crippen LogP contribution is 2.31. The second-order valence-corrected chi connectivity index (χ2v) is 9.10. The molecule has 0 aliphatic heterocycles.